The van der Waals surface area contributed by atoms with Gasteiger partial charge in [-0.3, -0.25) is 0 Å². The lowest BCUT2D eigenvalue weighted by atomic mass is 9.60. The van der Waals surface area contributed by atoms with E-state index in [1.54, 1.807) is 18.4 Å². The number of hydrogen-bond acceptors (Lipinski definition) is 1. The van der Waals surface area contributed by atoms with Gasteiger partial charge in [0.15, 0.2) is 0 Å². The maximum Gasteiger partial charge on any atom is 0.418 e. The number of allylic oxidation sites excluding steroid dienone is 2. The molecule has 1 aliphatic rings. The Kier molecular flexibility index (Phi) is 1.69. The van der Waals surface area contributed by atoms with Crippen molar-refractivity contribution in [2.75, 3.05) is 0 Å². The van der Waals surface area contributed by atoms with Gasteiger partial charge in [-0.15, -0.1) is 0 Å². The third-order valence-electron chi connectivity index (χ3n) is 1.74. The maximum absolute atomic E-state index is 7.65. The minimum atomic E-state index is -0.230. The molecular formula is C10H9BO. The van der Waals surface area contributed by atoms with E-state index in [-0.39, 0.29) is 6.92 Å². The summed E-state index contributed by atoms with van der Waals surface area (Å²) in [6.07, 6.45) is 5.11. The van der Waals surface area contributed by atoms with Gasteiger partial charge in [0, 0.05) is 0 Å². The van der Waals surface area contributed by atoms with Gasteiger partial charge in [0.1, 0.15) is 0 Å². The Morgan fingerprint density at radius 1 is 1.17 bits per heavy atom. The maximum atomic E-state index is 7.65. The van der Waals surface area contributed by atoms with Crippen molar-refractivity contribution in [3.63, 3.8) is 0 Å². The smallest absolute Gasteiger partial charge is 0.418 e. The van der Waals surface area contributed by atoms with Crippen LogP contribution < -0.4 is 5.46 Å². The topological polar surface area (TPSA) is 9.23 Å². The molecule has 2 heteroatoms. The molecule has 1 aromatic rings. The summed E-state index contributed by atoms with van der Waals surface area (Å²) in [5, 5.41) is 0. The fourth-order valence-corrected chi connectivity index (χ4v) is 1.15. The van der Waals surface area contributed by atoms with Crippen molar-refractivity contribution in [1.82, 2.24) is 0 Å². The van der Waals surface area contributed by atoms with Gasteiger partial charge in [-0.25, -0.2) is 0 Å². The molecule has 0 saturated heterocycles. The van der Waals surface area contributed by atoms with Crippen LogP contribution in [0.15, 0.2) is 54.7 Å². The fourth-order valence-electron chi connectivity index (χ4n) is 1.15. The molecule has 0 aromatic heterocycles. The SMILES string of the molecule is [2H]C1=CC=COB1c1ccccc1. The third-order valence-corrected chi connectivity index (χ3v) is 1.74. The molecule has 0 saturated carbocycles. The van der Waals surface area contributed by atoms with Gasteiger partial charge in [-0.2, -0.15) is 0 Å². The Balaban J connectivity index is 2.28. The first-order valence-electron chi connectivity index (χ1n) is 4.41. The lowest BCUT2D eigenvalue weighted by Gasteiger charge is -2.10. The van der Waals surface area contributed by atoms with Gasteiger partial charge in [-0.05, 0) is 11.5 Å². The fraction of sp³-hybridized carbons (Fsp3) is 0. The number of hydrogen-bond donors (Lipinski definition) is 0. The summed E-state index contributed by atoms with van der Waals surface area (Å²) in [6, 6.07) is 9.78. The molecule has 0 amide bonds. The van der Waals surface area contributed by atoms with Crippen molar-refractivity contribution >= 4 is 12.4 Å². The van der Waals surface area contributed by atoms with Crippen LogP contribution in [0.4, 0.5) is 0 Å². The third kappa shape index (κ3) is 1.42. The second-order valence-electron chi connectivity index (χ2n) is 2.59. The van der Waals surface area contributed by atoms with Crippen molar-refractivity contribution in [2.45, 2.75) is 0 Å². The molecule has 1 nitrogen and oxygen atoms in total. The molecule has 12 heavy (non-hydrogen) atoms. The second-order valence-corrected chi connectivity index (χ2v) is 2.59. The van der Waals surface area contributed by atoms with E-state index in [2.05, 4.69) is 0 Å². The lowest BCUT2D eigenvalue weighted by Crippen LogP contribution is -2.30. The molecule has 1 heterocycles. The first-order valence-corrected chi connectivity index (χ1v) is 3.91. The Morgan fingerprint density at radius 3 is 2.75 bits per heavy atom. The molecular weight excluding hydrogens is 147 g/mol. The summed E-state index contributed by atoms with van der Waals surface area (Å²) in [7, 11) is 0. The summed E-state index contributed by atoms with van der Waals surface area (Å²) in [4.78, 5) is 0. The Bertz CT molecular complexity index is 345. The van der Waals surface area contributed by atoms with Crippen molar-refractivity contribution in [3.05, 3.63) is 54.7 Å². The second kappa shape index (κ2) is 3.31. The zero-order valence-electron chi connectivity index (χ0n) is 7.60. The molecule has 1 aromatic carbocycles. The minimum absolute atomic E-state index is 0.230. The molecule has 0 radical (unpaired) electrons. The van der Waals surface area contributed by atoms with E-state index in [9.17, 15) is 0 Å². The van der Waals surface area contributed by atoms with Crippen molar-refractivity contribution in [1.29, 1.82) is 0 Å². The lowest BCUT2D eigenvalue weighted by molar-refractivity contribution is 0.508. The Morgan fingerprint density at radius 2 is 2.00 bits per heavy atom. The van der Waals surface area contributed by atoms with E-state index < -0.39 is 0 Å². The first-order chi connectivity index (χ1) is 6.38. The van der Waals surface area contributed by atoms with Crippen LogP contribution in [0, 0.1) is 0 Å². The van der Waals surface area contributed by atoms with Crippen LogP contribution >= 0.6 is 0 Å². The van der Waals surface area contributed by atoms with Crippen molar-refractivity contribution in [2.24, 2.45) is 0 Å². The molecule has 0 aliphatic carbocycles. The van der Waals surface area contributed by atoms with Gasteiger partial charge >= 0.3 is 6.92 Å². The zero-order chi connectivity index (χ0) is 9.10. The molecule has 0 fully saturated rings. The van der Waals surface area contributed by atoms with Crippen molar-refractivity contribution < 1.29 is 6.03 Å². The van der Waals surface area contributed by atoms with E-state index in [1.807, 2.05) is 30.3 Å². The molecule has 0 atom stereocenters. The van der Waals surface area contributed by atoms with Gasteiger partial charge in [0.05, 0.1) is 7.63 Å². The summed E-state index contributed by atoms with van der Waals surface area (Å²) in [5.41, 5.74) is 1.02. The van der Waals surface area contributed by atoms with E-state index in [0.717, 1.165) is 5.46 Å². The molecule has 1 aliphatic heterocycles. The van der Waals surface area contributed by atoms with Crippen LogP contribution in [0.25, 0.3) is 0 Å². The van der Waals surface area contributed by atoms with Crippen LogP contribution in [-0.4, -0.2) is 6.92 Å². The standard InChI is InChI=1S/C10H9BO/c1-2-6-10(7-3-1)11-8-4-5-9-12-11/h1-9H/i8D. The molecule has 0 unspecified atom stereocenters. The van der Waals surface area contributed by atoms with Crippen LogP contribution in [-0.2, 0) is 4.65 Å². The molecule has 0 N–H and O–H groups in total. The van der Waals surface area contributed by atoms with Crippen molar-refractivity contribution in [3.8, 4) is 0 Å². The van der Waals surface area contributed by atoms with Crippen LogP contribution in [0.1, 0.15) is 1.37 Å². The predicted molar refractivity (Wildman–Crippen MR) is 51.2 cm³/mol. The quantitative estimate of drug-likeness (QED) is 0.561. The van der Waals surface area contributed by atoms with Crippen LogP contribution in [0.5, 0.6) is 0 Å². The first kappa shape index (κ1) is 6.12. The van der Waals surface area contributed by atoms with E-state index in [0.29, 0.717) is 5.95 Å². The number of benzene rings is 1. The predicted octanol–water partition coefficient (Wildman–Crippen LogP) is 1.52. The molecule has 0 spiro atoms. The molecule has 2 rings (SSSR count). The molecule has 0 bridgehead atoms. The average molecular weight is 157 g/mol. The summed E-state index contributed by atoms with van der Waals surface area (Å²) < 4.78 is 13.0. The zero-order valence-corrected chi connectivity index (χ0v) is 6.60. The Labute approximate surface area is 73.9 Å². The normalized spacial score (nSPS) is 16.5. The minimum Gasteiger partial charge on any atom is -0.557 e. The van der Waals surface area contributed by atoms with Crippen LogP contribution in [0.3, 0.4) is 0 Å². The highest BCUT2D eigenvalue weighted by atomic mass is 16.4. The Hall–Kier alpha value is -1.44. The van der Waals surface area contributed by atoms with E-state index >= 15 is 0 Å². The monoisotopic (exact) mass is 157 g/mol. The largest absolute Gasteiger partial charge is 0.557 e. The van der Waals surface area contributed by atoms with E-state index in [4.69, 9.17) is 6.03 Å². The highest BCUT2D eigenvalue weighted by Crippen LogP contribution is 1.98. The van der Waals surface area contributed by atoms with Gasteiger partial charge in [0.25, 0.3) is 0 Å². The average Bonchev–Trinajstić information content (AvgIpc) is 2.20. The highest BCUT2D eigenvalue weighted by molar-refractivity contribution is 6.72. The summed E-state index contributed by atoms with van der Waals surface area (Å²) in [6.45, 7) is -0.230. The summed E-state index contributed by atoms with van der Waals surface area (Å²) >= 11 is 0. The highest BCUT2D eigenvalue weighted by Gasteiger charge is 2.15. The van der Waals surface area contributed by atoms with Gasteiger partial charge in [-0.1, -0.05) is 42.4 Å². The van der Waals surface area contributed by atoms with Gasteiger partial charge in [0.2, 0.25) is 0 Å². The van der Waals surface area contributed by atoms with Gasteiger partial charge < -0.3 is 4.65 Å². The van der Waals surface area contributed by atoms with E-state index in [1.165, 1.54) is 0 Å². The van der Waals surface area contributed by atoms with Crippen LogP contribution in [0.2, 0.25) is 0 Å². The number of rotatable bonds is 1. The summed E-state index contributed by atoms with van der Waals surface area (Å²) in [5.74, 6) is 0.494. The molecule has 58 valence electrons.